The lowest BCUT2D eigenvalue weighted by Crippen LogP contribution is -2.60. The van der Waals surface area contributed by atoms with Crippen molar-refractivity contribution in [3.05, 3.63) is 0 Å². The highest BCUT2D eigenvalue weighted by Gasteiger charge is 2.35. The normalized spacial score (nSPS) is 22.6. The van der Waals surface area contributed by atoms with E-state index in [1.165, 1.54) is 12.8 Å². The second kappa shape index (κ2) is 5.36. The molecular weight excluding hydrogens is 244 g/mol. The van der Waals surface area contributed by atoms with Gasteiger partial charge in [-0.2, -0.15) is 0 Å². The molecule has 0 aromatic rings. The summed E-state index contributed by atoms with van der Waals surface area (Å²) in [7, 11) is 0. The van der Waals surface area contributed by atoms with Crippen molar-refractivity contribution in [1.29, 1.82) is 0 Å². The van der Waals surface area contributed by atoms with E-state index in [0.717, 1.165) is 26.2 Å². The van der Waals surface area contributed by atoms with Gasteiger partial charge in [0.05, 0.1) is 5.54 Å². The van der Waals surface area contributed by atoms with Crippen molar-refractivity contribution in [2.24, 2.45) is 16.8 Å². The van der Waals surface area contributed by atoms with Crippen LogP contribution in [0.4, 0.5) is 0 Å². The molecule has 1 saturated carbocycles. The summed E-state index contributed by atoms with van der Waals surface area (Å²) >= 11 is 0. The van der Waals surface area contributed by atoms with Crippen LogP contribution in [0.15, 0.2) is 5.16 Å². The molecule has 0 aromatic heterocycles. The van der Waals surface area contributed by atoms with Crippen molar-refractivity contribution in [3.8, 4) is 0 Å². The molecule has 1 aliphatic heterocycles. The minimum absolute atomic E-state index is 0.213. The van der Waals surface area contributed by atoms with Gasteiger partial charge in [-0.3, -0.25) is 9.69 Å². The number of nitrogens with two attached hydrogens (primary N) is 1. The summed E-state index contributed by atoms with van der Waals surface area (Å²) in [4.78, 5) is 16.1. The molecule has 6 heteroatoms. The standard InChI is InChI=1S/C13H24N4O2/c1-13(2,12(14)15-19)17-7-5-16(6-8-17)11(18)9-10-3-4-10/h10,19H,3-9H2,1-2H3,(H2,14,15). The topological polar surface area (TPSA) is 82.2 Å². The zero-order chi connectivity index (χ0) is 14.0. The van der Waals surface area contributed by atoms with Gasteiger partial charge in [0.15, 0.2) is 5.84 Å². The Bertz CT molecular complexity index is 369. The number of oxime groups is 1. The number of amidine groups is 1. The number of amides is 1. The fourth-order valence-corrected chi connectivity index (χ4v) is 2.50. The third kappa shape index (κ3) is 3.18. The quantitative estimate of drug-likeness (QED) is 0.336. The molecule has 1 amide bonds. The smallest absolute Gasteiger partial charge is 0.222 e. The lowest BCUT2D eigenvalue weighted by Gasteiger charge is -2.43. The molecule has 0 spiro atoms. The lowest BCUT2D eigenvalue weighted by atomic mass is 10.00. The SMILES string of the molecule is CC(C)(C(N)=NO)N1CCN(C(=O)CC2CC2)CC1. The van der Waals surface area contributed by atoms with Crippen LogP contribution in [-0.4, -0.2) is 58.5 Å². The highest BCUT2D eigenvalue weighted by molar-refractivity contribution is 5.88. The van der Waals surface area contributed by atoms with Crippen molar-refractivity contribution in [3.63, 3.8) is 0 Å². The Labute approximate surface area is 114 Å². The van der Waals surface area contributed by atoms with Gasteiger partial charge in [0, 0.05) is 32.6 Å². The molecule has 0 bridgehead atoms. The Morgan fingerprint density at radius 1 is 1.32 bits per heavy atom. The first-order chi connectivity index (χ1) is 8.95. The Morgan fingerprint density at radius 3 is 2.37 bits per heavy atom. The maximum Gasteiger partial charge on any atom is 0.222 e. The van der Waals surface area contributed by atoms with E-state index in [2.05, 4.69) is 10.1 Å². The van der Waals surface area contributed by atoms with Crippen LogP contribution in [-0.2, 0) is 4.79 Å². The third-order valence-corrected chi connectivity index (χ3v) is 4.32. The van der Waals surface area contributed by atoms with Crippen molar-refractivity contribution in [2.45, 2.75) is 38.6 Å². The van der Waals surface area contributed by atoms with Gasteiger partial charge in [0.2, 0.25) is 5.91 Å². The molecule has 1 aliphatic carbocycles. The highest BCUT2D eigenvalue weighted by Crippen LogP contribution is 2.33. The van der Waals surface area contributed by atoms with E-state index in [0.29, 0.717) is 12.3 Å². The fourth-order valence-electron chi connectivity index (χ4n) is 2.50. The largest absolute Gasteiger partial charge is 0.409 e. The Balaban J connectivity index is 1.86. The van der Waals surface area contributed by atoms with E-state index in [1.807, 2.05) is 18.7 Å². The predicted molar refractivity (Wildman–Crippen MR) is 73.0 cm³/mol. The van der Waals surface area contributed by atoms with E-state index >= 15 is 0 Å². The molecule has 2 fully saturated rings. The first-order valence-electron chi connectivity index (χ1n) is 6.96. The van der Waals surface area contributed by atoms with Gasteiger partial charge in [0.1, 0.15) is 0 Å². The number of piperazine rings is 1. The van der Waals surface area contributed by atoms with Crippen LogP contribution in [0.3, 0.4) is 0 Å². The predicted octanol–water partition coefficient (Wildman–Crippen LogP) is 0.456. The highest BCUT2D eigenvalue weighted by atomic mass is 16.4. The minimum Gasteiger partial charge on any atom is -0.409 e. The molecule has 19 heavy (non-hydrogen) atoms. The summed E-state index contributed by atoms with van der Waals surface area (Å²) in [6.07, 6.45) is 3.13. The van der Waals surface area contributed by atoms with Crippen molar-refractivity contribution in [2.75, 3.05) is 26.2 Å². The van der Waals surface area contributed by atoms with Crippen molar-refractivity contribution < 1.29 is 10.0 Å². The van der Waals surface area contributed by atoms with Crippen LogP contribution in [0.5, 0.6) is 0 Å². The van der Waals surface area contributed by atoms with Crippen LogP contribution >= 0.6 is 0 Å². The van der Waals surface area contributed by atoms with E-state index in [1.54, 1.807) is 0 Å². The number of carbonyl (C=O) groups excluding carboxylic acids is 1. The van der Waals surface area contributed by atoms with Crippen LogP contribution in [0, 0.1) is 5.92 Å². The Morgan fingerprint density at radius 2 is 1.89 bits per heavy atom. The summed E-state index contributed by atoms with van der Waals surface area (Å²) in [6, 6.07) is 0. The van der Waals surface area contributed by atoms with E-state index in [4.69, 9.17) is 10.9 Å². The van der Waals surface area contributed by atoms with Gasteiger partial charge in [-0.25, -0.2) is 0 Å². The third-order valence-electron chi connectivity index (χ3n) is 4.32. The molecule has 0 atom stereocenters. The van der Waals surface area contributed by atoms with Crippen molar-refractivity contribution >= 4 is 11.7 Å². The molecule has 0 unspecified atom stereocenters. The van der Waals surface area contributed by atoms with Crippen LogP contribution in [0.25, 0.3) is 0 Å². The second-order valence-corrected chi connectivity index (χ2v) is 6.06. The summed E-state index contributed by atoms with van der Waals surface area (Å²) in [5, 5.41) is 11.9. The molecule has 1 saturated heterocycles. The number of carbonyl (C=O) groups is 1. The fraction of sp³-hybridized carbons (Fsp3) is 0.846. The minimum atomic E-state index is -0.472. The molecule has 2 aliphatic rings. The maximum absolute atomic E-state index is 12.0. The summed E-state index contributed by atoms with van der Waals surface area (Å²) in [6.45, 7) is 6.86. The van der Waals surface area contributed by atoms with Gasteiger partial charge < -0.3 is 15.8 Å². The zero-order valence-electron chi connectivity index (χ0n) is 11.8. The molecule has 0 radical (unpaired) electrons. The summed E-state index contributed by atoms with van der Waals surface area (Å²) in [5.74, 6) is 1.13. The number of nitrogens with zero attached hydrogens (tertiary/aromatic N) is 3. The van der Waals surface area contributed by atoms with Gasteiger partial charge in [-0.15, -0.1) is 0 Å². The molecule has 1 heterocycles. The van der Waals surface area contributed by atoms with Crippen LogP contribution < -0.4 is 5.73 Å². The summed E-state index contributed by atoms with van der Waals surface area (Å²) < 4.78 is 0. The molecule has 0 aromatic carbocycles. The monoisotopic (exact) mass is 268 g/mol. The molecule has 2 rings (SSSR count). The van der Waals surface area contributed by atoms with E-state index < -0.39 is 5.54 Å². The molecule has 108 valence electrons. The molecule has 3 N–H and O–H groups in total. The van der Waals surface area contributed by atoms with Crippen LogP contribution in [0.2, 0.25) is 0 Å². The first kappa shape index (κ1) is 14.1. The average Bonchev–Trinajstić information content (AvgIpc) is 3.21. The Kier molecular flexibility index (Phi) is 3.99. The van der Waals surface area contributed by atoms with Gasteiger partial charge in [-0.05, 0) is 32.6 Å². The van der Waals surface area contributed by atoms with Crippen molar-refractivity contribution in [1.82, 2.24) is 9.80 Å². The van der Waals surface area contributed by atoms with E-state index in [-0.39, 0.29) is 11.7 Å². The average molecular weight is 268 g/mol. The molecule has 6 nitrogen and oxygen atoms in total. The number of rotatable bonds is 4. The lowest BCUT2D eigenvalue weighted by molar-refractivity contribution is -0.133. The molecular formula is C13H24N4O2. The zero-order valence-corrected chi connectivity index (χ0v) is 11.8. The van der Waals surface area contributed by atoms with Gasteiger partial charge in [0.25, 0.3) is 0 Å². The van der Waals surface area contributed by atoms with Gasteiger partial charge in [-0.1, -0.05) is 5.16 Å². The first-order valence-corrected chi connectivity index (χ1v) is 6.96. The van der Waals surface area contributed by atoms with Crippen LogP contribution in [0.1, 0.15) is 33.1 Å². The summed E-state index contributed by atoms with van der Waals surface area (Å²) in [5.41, 5.74) is 5.26. The number of hydrogen-bond donors (Lipinski definition) is 2. The van der Waals surface area contributed by atoms with Gasteiger partial charge >= 0.3 is 0 Å². The van der Waals surface area contributed by atoms with E-state index in [9.17, 15) is 4.79 Å². The Hall–Kier alpha value is -1.30. The maximum atomic E-state index is 12.0. The second-order valence-electron chi connectivity index (χ2n) is 6.06. The number of hydrogen-bond acceptors (Lipinski definition) is 4.